The van der Waals surface area contributed by atoms with Crippen molar-refractivity contribution in [1.82, 2.24) is 10.2 Å². The van der Waals surface area contributed by atoms with Gasteiger partial charge in [-0.2, -0.15) is 0 Å². The lowest BCUT2D eigenvalue weighted by Crippen LogP contribution is -2.50. The third-order valence-corrected chi connectivity index (χ3v) is 4.23. The van der Waals surface area contributed by atoms with Crippen molar-refractivity contribution in [1.29, 1.82) is 0 Å². The third-order valence-electron chi connectivity index (χ3n) is 4.23. The maximum absolute atomic E-state index is 3.56. The van der Waals surface area contributed by atoms with Gasteiger partial charge >= 0.3 is 0 Å². The average Bonchev–Trinajstić information content (AvgIpc) is 2.21. The molecule has 0 amide bonds. The van der Waals surface area contributed by atoms with E-state index in [2.05, 4.69) is 44.8 Å². The normalized spacial score (nSPS) is 25.7. The molecule has 1 N–H and O–H groups in total. The Labute approximate surface area is 102 Å². The Kier molecular flexibility index (Phi) is 5.26. The van der Waals surface area contributed by atoms with E-state index in [0.717, 1.165) is 12.6 Å². The molecule has 1 fully saturated rings. The zero-order valence-corrected chi connectivity index (χ0v) is 11.8. The Morgan fingerprint density at radius 3 is 2.62 bits per heavy atom. The van der Waals surface area contributed by atoms with E-state index in [1.807, 2.05) is 0 Å². The summed E-state index contributed by atoms with van der Waals surface area (Å²) in [6, 6.07) is 1.37. The number of rotatable bonds is 5. The highest BCUT2D eigenvalue weighted by molar-refractivity contribution is 4.86. The standard InChI is InChI=1S/C14H30N2/c1-6-15-13(3)14(4,5)11-16-10-8-7-9-12(16)2/h12-13,15H,6-11H2,1-5H3. The summed E-state index contributed by atoms with van der Waals surface area (Å²) in [4.78, 5) is 2.68. The SMILES string of the molecule is CCNC(C)C(C)(C)CN1CCCCC1C. The molecule has 96 valence electrons. The monoisotopic (exact) mass is 226 g/mol. The minimum Gasteiger partial charge on any atom is -0.314 e. The van der Waals surface area contributed by atoms with Crippen LogP contribution in [0, 0.1) is 5.41 Å². The summed E-state index contributed by atoms with van der Waals surface area (Å²) < 4.78 is 0. The molecule has 0 aliphatic carbocycles. The molecule has 0 aromatic carbocycles. The van der Waals surface area contributed by atoms with Crippen LogP contribution in [0.1, 0.15) is 53.9 Å². The molecule has 2 atom stereocenters. The van der Waals surface area contributed by atoms with Crippen molar-refractivity contribution in [2.24, 2.45) is 5.41 Å². The summed E-state index contributed by atoms with van der Waals surface area (Å²) in [6.45, 7) is 15.3. The first kappa shape index (κ1) is 14.0. The van der Waals surface area contributed by atoms with Gasteiger partial charge in [0.2, 0.25) is 0 Å². The van der Waals surface area contributed by atoms with Crippen LogP contribution in [0.25, 0.3) is 0 Å². The molecule has 1 heterocycles. The first-order valence-corrected chi connectivity index (χ1v) is 6.95. The first-order valence-electron chi connectivity index (χ1n) is 6.95. The largest absolute Gasteiger partial charge is 0.314 e. The maximum Gasteiger partial charge on any atom is 0.0102 e. The molecule has 2 heteroatoms. The summed E-state index contributed by atoms with van der Waals surface area (Å²) in [6.07, 6.45) is 4.18. The fourth-order valence-corrected chi connectivity index (χ4v) is 2.64. The summed E-state index contributed by atoms with van der Waals surface area (Å²) >= 11 is 0. The van der Waals surface area contributed by atoms with Gasteiger partial charge in [0.1, 0.15) is 0 Å². The molecule has 1 aliphatic rings. The van der Waals surface area contributed by atoms with Crippen LogP contribution in [0.2, 0.25) is 0 Å². The van der Waals surface area contributed by atoms with Gasteiger partial charge in [0.05, 0.1) is 0 Å². The fourth-order valence-electron chi connectivity index (χ4n) is 2.64. The lowest BCUT2D eigenvalue weighted by atomic mass is 9.83. The van der Waals surface area contributed by atoms with Gasteiger partial charge in [0.15, 0.2) is 0 Å². The predicted molar refractivity (Wildman–Crippen MR) is 71.8 cm³/mol. The van der Waals surface area contributed by atoms with Crippen LogP contribution in [-0.4, -0.2) is 36.6 Å². The highest BCUT2D eigenvalue weighted by Crippen LogP contribution is 2.26. The van der Waals surface area contributed by atoms with E-state index in [9.17, 15) is 0 Å². The molecule has 2 unspecified atom stereocenters. The number of hydrogen-bond donors (Lipinski definition) is 1. The molecule has 16 heavy (non-hydrogen) atoms. The second-order valence-corrected chi connectivity index (χ2v) is 6.08. The molecular weight excluding hydrogens is 196 g/mol. The lowest BCUT2D eigenvalue weighted by Gasteiger charge is -2.42. The van der Waals surface area contributed by atoms with E-state index >= 15 is 0 Å². The predicted octanol–water partition coefficient (Wildman–Crippen LogP) is 2.89. The van der Waals surface area contributed by atoms with Gasteiger partial charge in [-0.15, -0.1) is 0 Å². The number of hydrogen-bond acceptors (Lipinski definition) is 2. The molecule has 0 radical (unpaired) electrons. The Balaban J connectivity index is 2.49. The third kappa shape index (κ3) is 3.74. The van der Waals surface area contributed by atoms with Crippen molar-refractivity contribution in [2.75, 3.05) is 19.6 Å². The molecule has 0 spiro atoms. The minimum absolute atomic E-state index is 0.363. The van der Waals surface area contributed by atoms with Crippen LogP contribution in [-0.2, 0) is 0 Å². The first-order chi connectivity index (χ1) is 7.47. The topological polar surface area (TPSA) is 15.3 Å². The van der Waals surface area contributed by atoms with Crippen molar-refractivity contribution < 1.29 is 0 Å². The number of nitrogens with zero attached hydrogens (tertiary/aromatic N) is 1. The Morgan fingerprint density at radius 1 is 1.38 bits per heavy atom. The minimum atomic E-state index is 0.363. The Bertz CT molecular complexity index is 201. The van der Waals surface area contributed by atoms with Crippen LogP contribution in [0.15, 0.2) is 0 Å². The molecule has 0 aromatic rings. The van der Waals surface area contributed by atoms with Gasteiger partial charge in [-0.3, -0.25) is 0 Å². The lowest BCUT2D eigenvalue weighted by molar-refractivity contribution is 0.0869. The summed E-state index contributed by atoms with van der Waals surface area (Å²) in [7, 11) is 0. The van der Waals surface area contributed by atoms with Crippen LogP contribution in [0.5, 0.6) is 0 Å². The summed E-state index contributed by atoms with van der Waals surface area (Å²) in [5, 5.41) is 3.56. The van der Waals surface area contributed by atoms with Gasteiger partial charge in [-0.05, 0) is 45.2 Å². The molecule has 1 aliphatic heterocycles. The smallest absolute Gasteiger partial charge is 0.0102 e. The van der Waals surface area contributed by atoms with Gasteiger partial charge < -0.3 is 10.2 Å². The molecule has 0 bridgehead atoms. The van der Waals surface area contributed by atoms with Gasteiger partial charge in [0, 0.05) is 18.6 Å². The van der Waals surface area contributed by atoms with Crippen LogP contribution >= 0.6 is 0 Å². The number of piperidine rings is 1. The molecule has 0 saturated carbocycles. The van der Waals surface area contributed by atoms with E-state index in [1.54, 1.807) is 0 Å². The van der Waals surface area contributed by atoms with Gasteiger partial charge in [-0.1, -0.05) is 27.2 Å². The zero-order chi connectivity index (χ0) is 12.2. The second kappa shape index (κ2) is 6.02. The summed E-state index contributed by atoms with van der Waals surface area (Å²) in [5.74, 6) is 0. The number of likely N-dealkylation sites (tertiary alicyclic amines) is 1. The van der Waals surface area contributed by atoms with Crippen molar-refractivity contribution in [3.05, 3.63) is 0 Å². The van der Waals surface area contributed by atoms with E-state index in [1.165, 1.54) is 32.4 Å². The molecule has 1 saturated heterocycles. The Morgan fingerprint density at radius 2 is 2.06 bits per heavy atom. The highest BCUT2D eigenvalue weighted by atomic mass is 15.2. The van der Waals surface area contributed by atoms with Crippen LogP contribution in [0.4, 0.5) is 0 Å². The van der Waals surface area contributed by atoms with E-state index in [-0.39, 0.29) is 0 Å². The average molecular weight is 226 g/mol. The van der Waals surface area contributed by atoms with Gasteiger partial charge in [-0.25, -0.2) is 0 Å². The van der Waals surface area contributed by atoms with Crippen molar-refractivity contribution in [3.63, 3.8) is 0 Å². The fraction of sp³-hybridized carbons (Fsp3) is 1.00. The summed E-state index contributed by atoms with van der Waals surface area (Å²) in [5.41, 5.74) is 0.363. The van der Waals surface area contributed by atoms with E-state index < -0.39 is 0 Å². The maximum atomic E-state index is 3.56. The van der Waals surface area contributed by atoms with Gasteiger partial charge in [0.25, 0.3) is 0 Å². The second-order valence-electron chi connectivity index (χ2n) is 6.08. The Hall–Kier alpha value is -0.0800. The quantitative estimate of drug-likeness (QED) is 0.775. The highest BCUT2D eigenvalue weighted by Gasteiger charge is 2.30. The molecular formula is C14H30N2. The van der Waals surface area contributed by atoms with Crippen LogP contribution in [0.3, 0.4) is 0 Å². The molecule has 1 rings (SSSR count). The zero-order valence-electron chi connectivity index (χ0n) is 11.8. The molecule has 0 aromatic heterocycles. The van der Waals surface area contributed by atoms with Crippen LogP contribution < -0.4 is 5.32 Å². The molecule has 2 nitrogen and oxygen atoms in total. The van der Waals surface area contributed by atoms with Crippen molar-refractivity contribution in [3.8, 4) is 0 Å². The van der Waals surface area contributed by atoms with E-state index in [0.29, 0.717) is 11.5 Å². The van der Waals surface area contributed by atoms with E-state index in [4.69, 9.17) is 0 Å². The van der Waals surface area contributed by atoms with Crippen molar-refractivity contribution in [2.45, 2.75) is 66.0 Å². The van der Waals surface area contributed by atoms with Crippen molar-refractivity contribution >= 4 is 0 Å². The number of nitrogens with one attached hydrogen (secondary N) is 1.